The largest absolute Gasteiger partial charge is 0.218 e. The van der Waals surface area contributed by atoms with Gasteiger partial charge in [0.2, 0.25) is 9.84 Å². The lowest BCUT2D eigenvalue weighted by Crippen LogP contribution is -2.07. The third-order valence-corrected chi connectivity index (χ3v) is 8.25. The molecular weight excluding hydrogens is 448 g/mol. The second kappa shape index (κ2) is 15.8. The van der Waals surface area contributed by atoms with Crippen molar-refractivity contribution in [3.63, 3.8) is 0 Å². The number of unbranched alkanes of at least 4 members (excludes halogenated alkanes) is 6. The molecule has 0 radical (unpaired) electrons. The van der Waals surface area contributed by atoms with Crippen molar-refractivity contribution in [2.75, 3.05) is 0 Å². The van der Waals surface area contributed by atoms with Crippen LogP contribution in [0.25, 0.3) is 12.2 Å². The van der Waals surface area contributed by atoms with E-state index in [-0.39, 0.29) is 0 Å². The van der Waals surface area contributed by atoms with Gasteiger partial charge in [0.05, 0.1) is 9.79 Å². The molecular formula is C32H46O2S. The van der Waals surface area contributed by atoms with Gasteiger partial charge in [-0.05, 0) is 72.9 Å². The van der Waals surface area contributed by atoms with E-state index in [4.69, 9.17) is 0 Å². The first kappa shape index (κ1) is 29.1. The summed E-state index contributed by atoms with van der Waals surface area (Å²) in [5.41, 5.74) is 3.99. The Bertz CT molecular complexity index is 981. The Hall–Kier alpha value is -2.13. The molecule has 0 amide bonds. The molecule has 35 heavy (non-hydrogen) atoms. The molecule has 2 aromatic rings. The maximum Gasteiger partial charge on any atom is 0.207 e. The van der Waals surface area contributed by atoms with Gasteiger partial charge in [-0.1, -0.05) is 115 Å². The summed E-state index contributed by atoms with van der Waals surface area (Å²) in [6, 6.07) is 11.7. The minimum absolute atomic E-state index is 0.410. The van der Waals surface area contributed by atoms with Crippen molar-refractivity contribution in [1.82, 2.24) is 0 Å². The van der Waals surface area contributed by atoms with Crippen molar-refractivity contribution in [3.8, 4) is 0 Å². The van der Waals surface area contributed by atoms with Gasteiger partial charge in [0.15, 0.2) is 0 Å². The molecule has 2 nitrogen and oxygen atoms in total. The molecule has 0 aliphatic heterocycles. The number of rotatable bonds is 16. The number of hydrogen-bond donors (Lipinski definition) is 0. The Kier molecular flexibility index (Phi) is 13.1. The molecule has 0 aliphatic carbocycles. The molecule has 192 valence electrons. The van der Waals surface area contributed by atoms with Crippen LogP contribution >= 0.6 is 0 Å². The summed E-state index contributed by atoms with van der Waals surface area (Å²) in [6.45, 7) is 8.71. The van der Waals surface area contributed by atoms with Crippen molar-refractivity contribution < 1.29 is 8.42 Å². The van der Waals surface area contributed by atoms with Crippen LogP contribution in [-0.4, -0.2) is 8.42 Å². The predicted molar refractivity (Wildman–Crippen MR) is 153 cm³/mol. The summed E-state index contributed by atoms with van der Waals surface area (Å²) in [5, 5.41) is 0. The van der Waals surface area contributed by atoms with Crippen molar-refractivity contribution >= 4 is 22.0 Å². The van der Waals surface area contributed by atoms with Crippen LogP contribution in [0, 0.1) is 0 Å². The fraction of sp³-hybridized carbons (Fsp3) is 0.500. The van der Waals surface area contributed by atoms with Gasteiger partial charge in [0.25, 0.3) is 0 Å². The number of hydrogen-bond acceptors (Lipinski definition) is 2. The van der Waals surface area contributed by atoms with Gasteiger partial charge in [-0.2, -0.15) is 0 Å². The second-order valence-corrected chi connectivity index (χ2v) is 11.4. The van der Waals surface area contributed by atoms with Crippen LogP contribution in [0.15, 0.2) is 58.3 Å². The molecule has 0 saturated carbocycles. The lowest BCUT2D eigenvalue weighted by Gasteiger charge is -2.14. The molecule has 2 aromatic carbocycles. The molecule has 0 saturated heterocycles. The summed E-state index contributed by atoms with van der Waals surface area (Å²) < 4.78 is 28.0. The van der Waals surface area contributed by atoms with Gasteiger partial charge in [-0.15, -0.1) is 0 Å². The zero-order valence-electron chi connectivity index (χ0n) is 22.5. The zero-order chi connectivity index (χ0) is 25.5. The summed E-state index contributed by atoms with van der Waals surface area (Å²) in [7, 11) is -3.66. The van der Waals surface area contributed by atoms with Crippen LogP contribution in [0.3, 0.4) is 0 Å². The van der Waals surface area contributed by atoms with Gasteiger partial charge in [0.1, 0.15) is 0 Å². The van der Waals surface area contributed by atoms with E-state index in [1.54, 1.807) is 0 Å². The van der Waals surface area contributed by atoms with Crippen LogP contribution in [0.2, 0.25) is 0 Å². The van der Waals surface area contributed by atoms with Crippen molar-refractivity contribution in [3.05, 3.63) is 70.8 Å². The lowest BCUT2D eigenvalue weighted by atomic mass is 10.1. The highest BCUT2D eigenvalue weighted by molar-refractivity contribution is 7.91. The third-order valence-electron chi connectivity index (χ3n) is 6.35. The average Bonchev–Trinajstić information content (AvgIpc) is 2.84. The summed E-state index contributed by atoms with van der Waals surface area (Å²) in [6.07, 6.45) is 21.3. The first-order valence-corrected chi connectivity index (χ1v) is 15.3. The van der Waals surface area contributed by atoms with E-state index in [0.717, 1.165) is 62.5 Å². The Morgan fingerprint density at radius 1 is 0.600 bits per heavy atom. The maximum atomic E-state index is 14.0. The van der Waals surface area contributed by atoms with Crippen LogP contribution in [0.1, 0.15) is 114 Å². The minimum Gasteiger partial charge on any atom is -0.218 e. The maximum absolute atomic E-state index is 14.0. The third kappa shape index (κ3) is 9.11. The van der Waals surface area contributed by atoms with E-state index in [9.17, 15) is 8.42 Å². The Morgan fingerprint density at radius 2 is 1.03 bits per heavy atom. The monoisotopic (exact) mass is 494 g/mol. The highest BCUT2D eigenvalue weighted by Crippen LogP contribution is 2.30. The van der Waals surface area contributed by atoms with Gasteiger partial charge in [0, 0.05) is 0 Å². The number of sulfone groups is 1. The smallest absolute Gasteiger partial charge is 0.207 e. The number of allylic oxidation sites excluding steroid dienone is 2. The standard InChI is InChI=1S/C32H46O2S/c1-5-9-11-13-15-19-29-25-27(17-7-3)21-23-31(29)35(33,34)32-24-22-28(18-8-4)26-30(32)20-16-14-12-10-6-2/h15-16,19-26H,5-14,17-18H2,1-4H3. The van der Waals surface area contributed by atoms with Gasteiger partial charge < -0.3 is 0 Å². The summed E-state index contributed by atoms with van der Waals surface area (Å²) in [5.74, 6) is 0. The SMILES string of the molecule is CCCCCC=Cc1cc(CCC)ccc1S(=O)(=O)c1ccc(CCC)cc1C=CCCCCC. The van der Waals surface area contributed by atoms with E-state index in [0.29, 0.717) is 9.79 Å². The summed E-state index contributed by atoms with van der Waals surface area (Å²) >= 11 is 0. The lowest BCUT2D eigenvalue weighted by molar-refractivity contribution is 0.595. The quantitative estimate of drug-likeness (QED) is 0.218. The Morgan fingerprint density at radius 3 is 1.40 bits per heavy atom. The van der Waals surface area contributed by atoms with Crippen LogP contribution in [0.4, 0.5) is 0 Å². The van der Waals surface area contributed by atoms with E-state index in [1.807, 2.05) is 36.4 Å². The molecule has 0 bridgehead atoms. The Labute approximate surface area is 215 Å². The number of aryl methyl sites for hydroxylation is 2. The van der Waals surface area contributed by atoms with E-state index in [2.05, 4.69) is 52.0 Å². The molecule has 0 heterocycles. The zero-order valence-corrected chi connectivity index (χ0v) is 23.3. The molecule has 0 aromatic heterocycles. The van der Waals surface area contributed by atoms with Crippen molar-refractivity contribution in [2.45, 2.75) is 115 Å². The van der Waals surface area contributed by atoms with Crippen molar-refractivity contribution in [1.29, 1.82) is 0 Å². The van der Waals surface area contributed by atoms with Gasteiger partial charge in [-0.25, -0.2) is 8.42 Å². The van der Waals surface area contributed by atoms with E-state index in [1.165, 1.54) is 36.8 Å². The van der Waals surface area contributed by atoms with Crippen LogP contribution in [-0.2, 0) is 22.7 Å². The molecule has 0 unspecified atom stereocenters. The van der Waals surface area contributed by atoms with Gasteiger partial charge >= 0.3 is 0 Å². The van der Waals surface area contributed by atoms with Crippen LogP contribution < -0.4 is 0 Å². The molecule has 0 N–H and O–H groups in total. The first-order chi connectivity index (χ1) is 17.0. The van der Waals surface area contributed by atoms with Crippen LogP contribution in [0.5, 0.6) is 0 Å². The normalized spacial score (nSPS) is 12.2. The molecule has 0 spiro atoms. The van der Waals surface area contributed by atoms with Crippen molar-refractivity contribution in [2.24, 2.45) is 0 Å². The fourth-order valence-electron chi connectivity index (χ4n) is 4.40. The van der Waals surface area contributed by atoms with E-state index >= 15 is 0 Å². The molecule has 0 atom stereocenters. The van der Waals surface area contributed by atoms with Gasteiger partial charge in [-0.3, -0.25) is 0 Å². The Balaban J connectivity index is 2.50. The topological polar surface area (TPSA) is 34.1 Å². The molecule has 2 rings (SSSR count). The minimum atomic E-state index is -3.66. The fourth-order valence-corrected chi connectivity index (χ4v) is 6.00. The first-order valence-electron chi connectivity index (χ1n) is 13.8. The molecule has 0 aliphatic rings. The molecule has 3 heteroatoms. The summed E-state index contributed by atoms with van der Waals surface area (Å²) in [4.78, 5) is 0.820. The molecule has 0 fully saturated rings. The number of benzene rings is 2. The predicted octanol–water partition coefficient (Wildman–Crippen LogP) is 9.61. The van der Waals surface area contributed by atoms with E-state index < -0.39 is 9.84 Å². The highest BCUT2D eigenvalue weighted by atomic mass is 32.2. The second-order valence-electron chi connectivity index (χ2n) is 9.54. The highest BCUT2D eigenvalue weighted by Gasteiger charge is 2.23. The average molecular weight is 495 g/mol.